The summed E-state index contributed by atoms with van der Waals surface area (Å²) in [6, 6.07) is 5.92. The Balaban J connectivity index is 1.83. The largest absolute Gasteiger partial charge is 0.378 e. The highest BCUT2D eigenvalue weighted by atomic mass is 32.1. The van der Waals surface area contributed by atoms with Crippen LogP contribution in [0.2, 0.25) is 0 Å². The first-order valence-corrected chi connectivity index (χ1v) is 7.03. The Hall–Kier alpha value is -1.79. The summed E-state index contributed by atoms with van der Waals surface area (Å²) in [5.41, 5.74) is 0.960. The van der Waals surface area contributed by atoms with Crippen molar-refractivity contribution in [3.63, 3.8) is 0 Å². The Bertz CT molecular complexity index is 586. The minimum atomic E-state index is -0.513. The number of aromatic nitrogens is 1. The molecule has 0 radical (unpaired) electrons. The van der Waals surface area contributed by atoms with E-state index >= 15 is 0 Å². The fourth-order valence-corrected chi connectivity index (χ4v) is 2.50. The molecule has 0 saturated heterocycles. The summed E-state index contributed by atoms with van der Waals surface area (Å²) < 4.78 is 18.4. The van der Waals surface area contributed by atoms with Crippen LogP contribution in [0.3, 0.4) is 0 Å². The Kier molecular flexibility index (Phi) is 5.20. The minimum Gasteiger partial charge on any atom is -0.378 e. The summed E-state index contributed by atoms with van der Waals surface area (Å²) >= 11 is 1.52. The van der Waals surface area contributed by atoms with Crippen molar-refractivity contribution in [3.8, 4) is 0 Å². The van der Waals surface area contributed by atoms with Crippen LogP contribution in [0.15, 0.2) is 29.6 Å². The summed E-state index contributed by atoms with van der Waals surface area (Å²) in [5.74, 6) is -0.920. The molecule has 1 amide bonds. The van der Waals surface area contributed by atoms with Crippen molar-refractivity contribution in [2.45, 2.75) is 13.0 Å². The van der Waals surface area contributed by atoms with E-state index in [4.69, 9.17) is 4.74 Å². The molecule has 4 nitrogen and oxygen atoms in total. The number of hydrogen-bond donors (Lipinski definition) is 1. The predicted octanol–water partition coefficient (Wildman–Crippen LogP) is 2.40. The third kappa shape index (κ3) is 3.85. The molecule has 0 unspecified atom stereocenters. The van der Waals surface area contributed by atoms with Crippen LogP contribution < -0.4 is 5.32 Å². The standard InChI is InChI=1S/C14H15FN2O2S/c1-19-8-13-17-10(9-20-13)6-7-16-14(18)11-4-2-3-5-12(11)15/h2-5,9H,6-8H2,1H3,(H,16,18). The summed E-state index contributed by atoms with van der Waals surface area (Å²) in [6.45, 7) is 0.912. The molecule has 0 atom stereocenters. The number of rotatable bonds is 6. The van der Waals surface area contributed by atoms with Crippen LogP contribution in [-0.4, -0.2) is 24.5 Å². The molecule has 0 fully saturated rings. The molecule has 0 aliphatic carbocycles. The Labute approximate surface area is 120 Å². The summed E-state index contributed by atoms with van der Waals surface area (Å²) in [7, 11) is 1.62. The van der Waals surface area contributed by atoms with Gasteiger partial charge in [-0.2, -0.15) is 0 Å². The lowest BCUT2D eigenvalue weighted by Gasteiger charge is -2.04. The zero-order valence-corrected chi connectivity index (χ0v) is 11.9. The number of ether oxygens (including phenoxy) is 1. The van der Waals surface area contributed by atoms with E-state index in [2.05, 4.69) is 10.3 Å². The number of amides is 1. The van der Waals surface area contributed by atoms with E-state index in [1.165, 1.54) is 23.5 Å². The number of benzene rings is 1. The molecule has 1 heterocycles. The number of hydrogen-bond acceptors (Lipinski definition) is 4. The number of methoxy groups -OCH3 is 1. The second-order valence-corrected chi connectivity index (χ2v) is 5.09. The first kappa shape index (κ1) is 14.6. The van der Waals surface area contributed by atoms with Crippen molar-refractivity contribution < 1.29 is 13.9 Å². The lowest BCUT2D eigenvalue weighted by atomic mass is 10.2. The van der Waals surface area contributed by atoms with Gasteiger partial charge in [0.15, 0.2) is 0 Å². The second kappa shape index (κ2) is 7.12. The highest BCUT2D eigenvalue weighted by Gasteiger charge is 2.10. The van der Waals surface area contributed by atoms with Gasteiger partial charge in [-0.05, 0) is 12.1 Å². The van der Waals surface area contributed by atoms with E-state index in [0.29, 0.717) is 19.6 Å². The number of nitrogens with one attached hydrogen (secondary N) is 1. The van der Waals surface area contributed by atoms with Crippen LogP contribution in [0.25, 0.3) is 0 Å². The number of carbonyl (C=O) groups is 1. The van der Waals surface area contributed by atoms with Gasteiger partial charge < -0.3 is 10.1 Å². The van der Waals surface area contributed by atoms with Crippen LogP contribution in [0.4, 0.5) is 4.39 Å². The lowest BCUT2D eigenvalue weighted by molar-refractivity contribution is 0.0950. The molecule has 2 aromatic rings. The van der Waals surface area contributed by atoms with Gasteiger partial charge in [0.1, 0.15) is 10.8 Å². The predicted molar refractivity (Wildman–Crippen MR) is 75.3 cm³/mol. The van der Waals surface area contributed by atoms with E-state index in [9.17, 15) is 9.18 Å². The summed E-state index contributed by atoms with van der Waals surface area (Å²) in [4.78, 5) is 16.1. The molecular formula is C14H15FN2O2S. The molecule has 0 aliphatic rings. The van der Waals surface area contributed by atoms with Crippen molar-refractivity contribution in [2.75, 3.05) is 13.7 Å². The van der Waals surface area contributed by atoms with Gasteiger partial charge in [-0.1, -0.05) is 12.1 Å². The van der Waals surface area contributed by atoms with Gasteiger partial charge in [-0.15, -0.1) is 11.3 Å². The molecule has 2 rings (SSSR count). The van der Waals surface area contributed by atoms with Gasteiger partial charge >= 0.3 is 0 Å². The van der Waals surface area contributed by atoms with E-state index in [1.54, 1.807) is 19.2 Å². The second-order valence-electron chi connectivity index (χ2n) is 4.15. The monoisotopic (exact) mass is 294 g/mol. The fourth-order valence-electron chi connectivity index (χ4n) is 1.70. The molecule has 6 heteroatoms. The number of nitrogens with zero attached hydrogens (tertiary/aromatic N) is 1. The molecule has 20 heavy (non-hydrogen) atoms. The first-order valence-electron chi connectivity index (χ1n) is 6.15. The molecule has 0 bridgehead atoms. The van der Waals surface area contributed by atoms with E-state index in [1.807, 2.05) is 5.38 Å². The molecule has 1 N–H and O–H groups in total. The molecule has 1 aromatic heterocycles. The van der Waals surface area contributed by atoms with Gasteiger partial charge in [-0.3, -0.25) is 4.79 Å². The zero-order chi connectivity index (χ0) is 14.4. The maximum absolute atomic E-state index is 13.4. The summed E-state index contributed by atoms with van der Waals surface area (Å²) in [6.07, 6.45) is 0.612. The van der Waals surface area contributed by atoms with Crippen molar-refractivity contribution >= 4 is 17.2 Å². The smallest absolute Gasteiger partial charge is 0.254 e. The third-order valence-corrected chi connectivity index (χ3v) is 3.52. The summed E-state index contributed by atoms with van der Waals surface area (Å²) in [5, 5.41) is 5.52. The van der Waals surface area contributed by atoms with Gasteiger partial charge in [-0.25, -0.2) is 9.37 Å². The van der Waals surface area contributed by atoms with Gasteiger partial charge in [0.25, 0.3) is 5.91 Å². The SMILES string of the molecule is COCc1nc(CCNC(=O)c2ccccc2F)cs1. The fraction of sp³-hybridized carbons (Fsp3) is 0.286. The molecule has 0 aliphatic heterocycles. The molecular weight excluding hydrogens is 279 g/mol. The normalized spacial score (nSPS) is 10.5. The van der Waals surface area contributed by atoms with Crippen LogP contribution >= 0.6 is 11.3 Å². The van der Waals surface area contributed by atoms with Crippen LogP contribution in [0, 0.1) is 5.82 Å². The Morgan fingerprint density at radius 1 is 1.45 bits per heavy atom. The highest BCUT2D eigenvalue weighted by Crippen LogP contribution is 2.11. The molecule has 1 aromatic carbocycles. The van der Waals surface area contributed by atoms with Crippen molar-refractivity contribution in [1.82, 2.24) is 10.3 Å². The van der Waals surface area contributed by atoms with Gasteiger partial charge in [0, 0.05) is 25.5 Å². The van der Waals surface area contributed by atoms with Crippen molar-refractivity contribution in [2.24, 2.45) is 0 Å². The number of thiazole rings is 1. The van der Waals surface area contributed by atoms with E-state index in [0.717, 1.165) is 10.7 Å². The van der Waals surface area contributed by atoms with Crippen molar-refractivity contribution in [1.29, 1.82) is 0 Å². The maximum Gasteiger partial charge on any atom is 0.254 e. The lowest BCUT2D eigenvalue weighted by Crippen LogP contribution is -2.26. The third-order valence-electron chi connectivity index (χ3n) is 2.65. The first-order chi connectivity index (χ1) is 9.70. The minimum absolute atomic E-state index is 0.0610. The van der Waals surface area contributed by atoms with Crippen LogP contribution in [-0.2, 0) is 17.8 Å². The average Bonchev–Trinajstić information content (AvgIpc) is 2.87. The number of carbonyl (C=O) groups excluding carboxylic acids is 1. The zero-order valence-electron chi connectivity index (χ0n) is 11.1. The van der Waals surface area contributed by atoms with Crippen LogP contribution in [0.5, 0.6) is 0 Å². The Morgan fingerprint density at radius 2 is 2.25 bits per heavy atom. The quantitative estimate of drug-likeness (QED) is 0.890. The number of halogens is 1. The van der Waals surface area contributed by atoms with Gasteiger partial charge in [0.05, 0.1) is 17.9 Å². The van der Waals surface area contributed by atoms with E-state index in [-0.39, 0.29) is 5.56 Å². The molecule has 0 saturated carbocycles. The van der Waals surface area contributed by atoms with Gasteiger partial charge in [0.2, 0.25) is 0 Å². The topological polar surface area (TPSA) is 51.2 Å². The van der Waals surface area contributed by atoms with E-state index < -0.39 is 11.7 Å². The average molecular weight is 294 g/mol. The van der Waals surface area contributed by atoms with Crippen LogP contribution in [0.1, 0.15) is 21.1 Å². The Morgan fingerprint density at radius 3 is 3.00 bits per heavy atom. The highest BCUT2D eigenvalue weighted by molar-refractivity contribution is 7.09. The molecule has 0 spiro atoms. The van der Waals surface area contributed by atoms with Crippen molar-refractivity contribution in [3.05, 3.63) is 51.7 Å². The maximum atomic E-state index is 13.4. The molecule has 106 valence electrons.